The van der Waals surface area contributed by atoms with E-state index in [1.807, 2.05) is 24.3 Å². The van der Waals surface area contributed by atoms with Gasteiger partial charge in [-0.05, 0) is 37.1 Å². The van der Waals surface area contributed by atoms with Crippen LogP contribution in [0.25, 0.3) is 11.0 Å². The molecule has 0 spiro atoms. The summed E-state index contributed by atoms with van der Waals surface area (Å²) in [4.78, 5) is 15.9. The molecule has 1 aromatic carbocycles. The molecule has 1 aliphatic rings. The molecule has 3 aromatic rings. The van der Waals surface area contributed by atoms with Gasteiger partial charge in [-0.3, -0.25) is 4.98 Å². The lowest BCUT2D eigenvalue weighted by Crippen LogP contribution is -2.21. The molecule has 0 aliphatic carbocycles. The van der Waals surface area contributed by atoms with Gasteiger partial charge < -0.3 is 15.0 Å². The van der Waals surface area contributed by atoms with E-state index >= 15 is 0 Å². The number of aromatic nitrogens is 3. The summed E-state index contributed by atoms with van der Waals surface area (Å²) >= 11 is 0. The minimum atomic E-state index is -2.85. The maximum atomic E-state index is 12.2. The van der Waals surface area contributed by atoms with E-state index in [0.29, 0.717) is 18.1 Å². The summed E-state index contributed by atoms with van der Waals surface area (Å²) in [5.41, 5.74) is 2.37. The molecule has 6 nitrogen and oxygen atoms in total. The molecular weight excluding hydrogens is 352 g/mol. The number of pyridine rings is 1. The normalized spacial score (nSPS) is 14.1. The van der Waals surface area contributed by atoms with Crippen molar-refractivity contribution >= 4 is 22.7 Å². The van der Waals surface area contributed by atoms with E-state index in [1.165, 1.54) is 12.3 Å². The average molecular weight is 371 g/mol. The number of ether oxygens (including phenoxy) is 1. The zero-order valence-electron chi connectivity index (χ0n) is 14.6. The Morgan fingerprint density at radius 2 is 1.78 bits per heavy atom. The topological polar surface area (TPSA) is 63.2 Å². The van der Waals surface area contributed by atoms with Gasteiger partial charge in [0.25, 0.3) is 0 Å². The van der Waals surface area contributed by atoms with Crippen LogP contribution in [0, 0.1) is 0 Å². The fraction of sp³-hybridized carbons (Fsp3) is 0.316. The molecule has 4 rings (SSSR count). The molecule has 0 unspecified atom stereocenters. The Hall–Kier alpha value is -3.03. The van der Waals surface area contributed by atoms with E-state index in [1.54, 1.807) is 6.07 Å². The van der Waals surface area contributed by atoms with Gasteiger partial charge in [-0.1, -0.05) is 12.1 Å². The number of hydrogen-bond donors (Lipinski definition) is 1. The molecule has 140 valence electrons. The molecule has 2 aromatic heterocycles. The lowest BCUT2D eigenvalue weighted by Gasteiger charge is -2.20. The van der Waals surface area contributed by atoms with Crippen LogP contribution in [0.2, 0.25) is 0 Å². The van der Waals surface area contributed by atoms with E-state index in [4.69, 9.17) is 9.97 Å². The summed E-state index contributed by atoms with van der Waals surface area (Å²) in [5.74, 6) is 1.58. The molecule has 0 amide bonds. The summed E-state index contributed by atoms with van der Waals surface area (Å²) in [7, 11) is 0. The summed E-state index contributed by atoms with van der Waals surface area (Å²) in [5, 5.41) is 3.29. The van der Waals surface area contributed by atoms with Crippen molar-refractivity contribution in [3.63, 3.8) is 0 Å². The molecular formula is C19H19F2N5O. The molecule has 1 N–H and O–H groups in total. The van der Waals surface area contributed by atoms with Gasteiger partial charge in [0, 0.05) is 13.1 Å². The monoisotopic (exact) mass is 371 g/mol. The molecule has 0 atom stereocenters. The van der Waals surface area contributed by atoms with E-state index in [0.717, 1.165) is 42.8 Å². The van der Waals surface area contributed by atoms with E-state index in [2.05, 4.69) is 19.9 Å². The Morgan fingerprint density at radius 1 is 1.04 bits per heavy atom. The predicted molar refractivity (Wildman–Crippen MR) is 99.2 cm³/mol. The van der Waals surface area contributed by atoms with Crippen molar-refractivity contribution in [1.29, 1.82) is 0 Å². The lowest BCUT2D eigenvalue weighted by atomic mass is 10.3. The Kier molecular flexibility index (Phi) is 4.95. The quantitative estimate of drug-likeness (QED) is 0.710. The summed E-state index contributed by atoms with van der Waals surface area (Å²) in [6.07, 6.45) is 3.57. The van der Waals surface area contributed by atoms with Crippen LogP contribution in [-0.2, 0) is 6.54 Å². The molecule has 27 heavy (non-hydrogen) atoms. The molecule has 0 saturated carbocycles. The number of alkyl halides is 2. The second-order valence-electron chi connectivity index (χ2n) is 6.30. The first-order valence-corrected chi connectivity index (χ1v) is 8.84. The van der Waals surface area contributed by atoms with Crippen LogP contribution in [0.5, 0.6) is 5.75 Å². The van der Waals surface area contributed by atoms with Crippen molar-refractivity contribution < 1.29 is 13.5 Å². The average Bonchev–Trinajstić information content (AvgIpc) is 3.21. The number of hydrogen-bond acceptors (Lipinski definition) is 6. The summed E-state index contributed by atoms with van der Waals surface area (Å²) in [6.45, 7) is -0.533. The van der Waals surface area contributed by atoms with Crippen LogP contribution in [0.3, 0.4) is 0 Å². The molecule has 1 aliphatic heterocycles. The highest BCUT2D eigenvalue weighted by Gasteiger charge is 2.19. The fourth-order valence-electron chi connectivity index (χ4n) is 3.12. The number of nitrogens with one attached hydrogen (secondary N) is 1. The third-order valence-corrected chi connectivity index (χ3v) is 4.42. The maximum absolute atomic E-state index is 12.2. The molecule has 8 heteroatoms. The van der Waals surface area contributed by atoms with Crippen LogP contribution >= 0.6 is 0 Å². The highest BCUT2D eigenvalue weighted by Crippen LogP contribution is 2.28. The zero-order valence-corrected chi connectivity index (χ0v) is 14.6. The number of halogens is 2. The van der Waals surface area contributed by atoms with Crippen molar-refractivity contribution in [3.8, 4) is 5.75 Å². The second kappa shape index (κ2) is 7.69. The molecule has 0 radical (unpaired) electrons. The van der Waals surface area contributed by atoms with Crippen LogP contribution < -0.4 is 15.0 Å². The van der Waals surface area contributed by atoms with Gasteiger partial charge >= 0.3 is 6.61 Å². The number of para-hydroxylation sites is 2. The minimum absolute atomic E-state index is 0.0389. The Balaban J connectivity index is 1.56. The van der Waals surface area contributed by atoms with Gasteiger partial charge in [0.15, 0.2) is 11.6 Å². The van der Waals surface area contributed by atoms with Crippen molar-refractivity contribution in [1.82, 2.24) is 15.0 Å². The first-order valence-electron chi connectivity index (χ1n) is 8.84. The zero-order chi connectivity index (χ0) is 18.6. The lowest BCUT2D eigenvalue weighted by molar-refractivity contribution is -0.0500. The number of rotatable bonds is 6. The van der Waals surface area contributed by atoms with Crippen LogP contribution in [0.15, 0.2) is 42.6 Å². The van der Waals surface area contributed by atoms with Crippen LogP contribution in [0.4, 0.5) is 20.4 Å². The SMILES string of the molecule is FC(F)Oc1ccc(CNc2nc3ccccc3nc2N2CCCC2)nc1. The first-order chi connectivity index (χ1) is 13.2. The van der Waals surface area contributed by atoms with Gasteiger partial charge in [0.2, 0.25) is 0 Å². The fourth-order valence-corrected chi connectivity index (χ4v) is 3.12. The van der Waals surface area contributed by atoms with Crippen LogP contribution in [-0.4, -0.2) is 34.7 Å². The molecule has 0 bridgehead atoms. The molecule has 3 heterocycles. The molecule has 1 fully saturated rings. The van der Waals surface area contributed by atoms with Crippen LogP contribution in [0.1, 0.15) is 18.5 Å². The number of anilines is 2. The van der Waals surface area contributed by atoms with Crippen molar-refractivity contribution in [3.05, 3.63) is 48.3 Å². The van der Waals surface area contributed by atoms with E-state index in [-0.39, 0.29) is 5.75 Å². The third kappa shape index (κ3) is 4.05. The standard InChI is InChI=1S/C19H19F2N5O/c20-19(21)27-14-8-7-13(22-12-14)11-23-17-18(26-9-3-4-10-26)25-16-6-2-1-5-15(16)24-17/h1-2,5-8,12,19H,3-4,9-11H2,(H,23,24). The van der Waals surface area contributed by atoms with Crippen molar-refractivity contribution in [2.75, 3.05) is 23.3 Å². The smallest absolute Gasteiger partial charge is 0.387 e. The van der Waals surface area contributed by atoms with Gasteiger partial charge in [-0.25, -0.2) is 9.97 Å². The van der Waals surface area contributed by atoms with E-state index < -0.39 is 6.61 Å². The molecule has 1 saturated heterocycles. The third-order valence-electron chi connectivity index (χ3n) is 4.42. The highest BCUT2D eigenvalue weighted by atomic mass is 19.3. The predicted octanol–water partition coefficient (Wildman–Crippen LogP) is 3.84. The summed E-state index contributed by atoms with van der Waals surface area (Å²) < 4.78 is 28.8. The number of nitrogens with zero attached hydrogens (tertiary/aromatic N) is 4. The van der Waals surface area contributed by atoms with Gasteiger partial charge in [-0.2, -0.15) is 8.78 Å². The minimum Gasteiger partial charge on any atom is -0.433 e. The van der Waals surface area contributed by atoms with Crippen molar-refractivity contribution in [2.45, 2.75) is 26.0 Å². The first kappa shape index (κ1) is 17.4. The Labute approximate surface area is 155 Å². The van der Waals surface area contributed by atoms with Gasteiger partial charge in [-0.15, -0.1) is 0 Å². The number of benzene rings is 1. The Morgan fingerprint density at radius 3 is 2.44 bits per heavy atom. The van der Waals surface area contributed by atoms with Gasteiger partial charge in [0.05, 0.1) is 29.5 Å². The van der Waals surface area contributed by atoms with Gasteiger partial charge in [0.1, 0.15) is 5.75 Å². The van der Waals surface area contributed by atoms with Crippen molar-refractivity contribution in [2.24, 2.45) is 0 Å². The van der Waals surface area contributed by atoms with E-state index in [9.17, 15) is 8.78 Å². The maximum Gasteiger partial charge on any atom is 0.387 e. The highest BCUT2D eigenvalue weighted by molar-refractivity contribution is 5.80. The second-order valence-corrected chi connectivity index (χ2v) is 6.30. The largest absolute Gasteiger partial charge is 0.433 e. The number of fused-ring (bicyclic) bond motifs is 1. The summed E-state index contributed by atoms with van der Waals surface area (Å²) in [6, 6.07) is 10.9. The Bertz CT molecular complexity index is 914.